The fourth-order valence-corrected chi connectivity index (χ4v) is 3.47. The van der Waals surface area contributed by atoms with Crippen molar-refractivity contribution in [1.82, 2.24) is 0 Å². The molecule has 2 aromatic carbocycles. The molecule has 0 bridgehead atoms. The van der Waals surface area contributed by atoms with Gasteiger partial charge in [0.25, 0.3) is 0 Å². The summed E-state index contributed by atoms with van der Waals surface area (Å²) in [6.45, 7) is 0.759. The maximum absolute atomic E-state index is 12.4. The predicted octanol–water partition coefficient (Wildman–Crippen LogP) is 3.60. The van der Waals surface area contributed by atoms with E-state index in [4.69, 9.17) is 17.3 Å². The number of carbonyl (C=O) groups is 1. The summed E-state index contributed by atoms with van der Waals surface area (Å²) >= 11 is 7.33. The van der Waals surface area contributed by atoms with Crippen molar-refractivity contribution in [2.24, 2.45) is 0 Å². The SMILES string of the molecule is Nc1cc(Cl)ccc1SCC(=O)N1CCc2ccccc21. The van der Waals surface area contributed by atoms with Gasteiger partial charge < -0.3 is 10.6 Å². The van der Waals surface area contributed by atoms with Gasteiger partial charge in [-0.3, -0.25) is 4.79 Å². The lowest BCUT2D eigenvalue weighted by atomic mass is 10.2. The molecule has 2 N–H and O–H groups in total. The molecule has 0 atom stereocenters. The number of para-hydroxylation sites is 1. The summed E-state index contributed by atoms with van der Waals surface area (Å²) in [4.78, 5) is 15.1. The van der Waals surface area contributed by atoms with Crippen LogP contribution in [0, 0.1) is 0 Å². The molecule has 1 aliphatic rings. The first-order chi connectivity index (χ1) is 10.1. The number of halogens is 1. The number of rotatable bonds is 3. The smallest absolute Gasteiger partial charge is 0.237 e. The average Bonchev–Trinajstić information content (AvgIpc) is 2.90. The Morgan fingerprint density at radius 3 is 2.90 bits per heavy atom. The van der Waals surface area contributed by atoms with Crippen molar-refractivity contribution in [3.63, 3.8) is 0 Å². The molecule has 1 heterocycles. The molecule has 1 amide bonds. The van der Waals surface area contributed by atoms with Gasteiger partial charge in [0.05, 0.1) is 5.75 Å². The third-order valence-corrected chi connectivity index (χ3v) is 4.82. The van der Waals surface area contributed by atoms with Crippen LogP contribution in [0.3, 0.4) is 0 Å². The molecule has 5 heteroatoms. The first kappa shape index (κ1) is 14.3. The minimum atomic E-state index is 0.110. The van der Waals surface area contributed by atoms with E-state index in [0.717, 1.165) is 23.5 Å². The van der Waals surface area contributed by atoms with Gasteiger partial charge in [-0.2, -0.15) is 0 Å². The van der Waals surface area contributed by atoms with Crippen molar-refractivity contribution in [2.75, 3.05) is 22.9 Å². The topological polar surface area (TPSA) is 46.3 Å². The summed E-state index contributed by atoms with van der Waals surface area (Å²) < 4.78 is 0. The Morgan fingerprint density at radius 2 is 2.10 bits per heavy atom. The molecule has 0 aromatic heterocycles. The number of anilines is 2. The van der Waals surface area contributed by atoms with Gasteiger partial charge in [-0.05, 0) is 36.2 Å². The molecule has 3 nitrogen and oxygen atoms in total. The molecule has 2 aromatic rings. The lowest BCUT2D eigenvalue weighted by molar-refractivity contribution is -0.116. The van der Waals surface area contributed by atoms with Crippen molar-refractivity contribution in [3.8, 4) is 0 Å². The number of nitrogen functional groups attached to an aromatic ring is 1. The van der Waals surface area contributed by atoms with Gasteiger partial charge >= 0.3 is 0 Å². The number of fused-ring (bicyclic) bond motifs is 1. The Balaban J connectivity index is 1.68. The van der Waals surface area contributed by atoms with Crippen LogP contribution >= 0.6 is 23.4 Å². The van der Waals surface area contributed by atoms with Crippen LogP contribution in [-0.2, 0) is 11.2 Å². The maximum atomic E-state index is 12.4. The van der Waals surface area contributed by atoms with Crippen LogP contribution in [0.25, 0.3) is 0 Å². The van der Waals surface area contributed by atoms with E-state index in [9.17, 15) is 4.79 Å². The predicted molar refractivity (Wildman–Crippen MR) is 89.1 cm³/mol. The summed E-state index contributed by atoms with van der Waals surface area (Å²) in [5.41, 5.74) is 8.79. The molecule has 108 valence electrons. The van der Waals surface area contributed by atoms with Crippen LogP contribution in [0.15, 0.2) is 47.4 Å². The van der Waals surface area contributed by atoms with Crippen molar-refractivity contribution < 1.29 is 4.79 Å². The summed E-state index contributed by atoms with van der Waals surface area (Å²) in [6, 6.07) is 13.4. The zero-order valence-electron chi connectivity index (χ0n) is 11.4. The normalized spacial score (nSPS) is 13.3. The second-order valence-corrected chi connectivity index (χ2v) is 6.35. The van der Waals surface area contributed by atoms with Gasteiger partial charge in [-0.15, -0.1) is 11.8 Å². The minimum absolute atomic E-state index is 0.110. The fraction of sp³-hybridized carbons (Fsp3) is 0.188. The van der Waals surface area contributed by atoms with Gasteiger partial charge in [0.15, 0.2) is 0 Å². The lowest BCUT2D eigenvalue weighted by Crippen LogP contribution is -2.30. The highest BCUT2D eigenvalue weighted by Gasteiger charge is 2.23. The molecule has 0 spiro atoms. The van der Waals surface area contributed by atoms with Crippen LogP contribution in [0.5, 0.6) is 0 Å². The van der Waals surface area contributed by atoms with Gasteiger partial charge in [-0.25, -0.2) is 0 Å². The molecule has 1 aliphatic heterocycles. The number of carbonyl (C=O) groups excluding carboxylic acids is 1. The van der Waals surface area contributed by atoms with Crippen molar-refractivity contribution in [1.29, 1.82) is 0 Å². The van der Waals surface area contributed by atoms with Crippen LogP contribution in [0.4, 0.5) is 11.4 Å². The second kappa shape index (κ2) is 6.00. The van der Waals surface area contributed by atoms with E-state index in [-0.39, 0.29) is 5.91 Å². The van der Waals surface area contributed by atoms with E-state index in [1.165, 1.54) is 17.3 Å². The van der Waals surface area contributed by atoms with Gasteiger partial charge in [0, 0.05) is 27.8 Å². The zero-order valence-corrected chi connectivity index (χ0v) is 13.0. The van der Waals surface area contributed by atoms with E-state index >= 15 is 0 Å². The highest BCUT2D eigenvalue weighted by Crippen LogP contribution is 2.31. The number of nitrogens with two attached hydrogens (primary N) is 1. The van der Waals surface area contributed by atoms with Crippen molar-refractivity contribution in [2.45, 2.75) is 11.3 Å². The second-order valence-electron chi connectivity index (χ2n) is 4.89. The molecule has 0 saturated heterocycles. The first-order valence-electron chi connectivity index (χ1n) is 6.71. The van der Waals surface area contributed by atoms with Crippen LogP contribution < -0.4 is 10.6 Å². The van der Waals surface area contributed by atoms with Crippen LogP contribution in [0.2, 0.25) is 5.02 Å². The largest absolute Gasteiger partial charge is 0.398 e. The van der Waals surface area contributed by atoms with Crippen LogP contribution in [-0.4, -0.2) is 18.2 Å². The fourth-order valence-electron chi connectivity index (χ4n) is 2.47. The number of nitrogens with zero attached hydrogens (tertiary/aromatic N) is 1. The van der Waals surface area contributed by atoms with E-state index in [1.807, 2.05) is 29.2 Å². The highest BCUT2D eigenvalue weighted by atomic mass is 35.5. The van der Waals surface area contributed by atoms with Gasteiger partial charge in [-0.1, -0.05) is 29.8 Å². The van der Waals surface area contributed by atoms with Crippen molar-refractivity contribution in [3.05, 3.63) is 53.1 Å². The number of thioether (sulfide) groups is 1. The molecule has 0 aliphatic carbocycles. The summed E-state index contributed by atoms with van der Waals surface area (Å²) in [5.74, 6) is 0.486. The third-order valence-electron chi connectivity index (χ3n) is 3.51. The van der Waals surface area contributed by atoms with E-state index in [1.54, 1.807) is 12.1 Å². The number of benzene rings is 2. The summed E-state index contributed by atoms with van der Waals surface area (Å²) in [5, 5.41) is 0.608. The standard InChI is InChI=1S/C16H15ClN2OS/c17-12-5-6-15(13(18)9-12)21-10-16(20)19-8-7-11-3-1-2-4-14(11)19/h1-6,9H,7-8,10,18H2. The lowest BCUT2D eigenvalue weighted by Gasteiger charge is -2.17. The minimum Gasteiger partial charge on any atom is -0.398 e. The molecule has 3 rings (SSSR count). The molecular formula is C16H15ClN2OS. The van der Waals surface area contributed by atoms with Crippen molar-refractivity contribution >= 4 is 40.6 Å². The number of amides is 1. The van der Waals surface area contributed by atoms with Gasteiger partial charge in [0.2, 0.25) is 5.91 Å². The Hall–Kier alpha value is -1.65. The number of hydrogen-bond donors (Lipinski definition) is 1. The maximum Gasteiger partial charge on any atom is 0.237 e. The molecule has 0 unspecified atom stereocenters. The Bertz CT molecular complexity index is 690. The van der Waals surface area contributed by atoms with Crippen LogP contribution in [0.1, 0.15) is 5.56 Å². The average molecular weight is 319 g/mol. The Labute approximate surface area is 133 Å². The Kier molecular flexibility index (Phi) is 4.08. The van der Waals surface area contributed by atoms with E-state index < -0.39 is 0 Å². The van der Waals surface area contributed by atoms with E-state index in [0.29, 0.717) is 16.5 Å². The molecular weight excluding hydrogens is 304 g/mol. The van der Waals surface area contributed by atoms with E-state index in [2.05, 4.69) is 6.07 Å². The third kappa shape index (κ3) is 3.01. The molecule has 21 heavy (non-hydrogen) atoms. The molecule has 0 fully saturated rings. The summed E-state index contributed by atoms with van der Waals surface area (Å²) in [7, 11) is 0. The highest BCUT2D eigenvalue weighted by molar-refractivity contribution is 8.00. The number of hydrogen-bond acceptors (Lipinski definition) is 3. The summed E-state index contributed by atoms with van der Waals surface area (Å²) in [6.07, 6.45) is 0.926. The zero-order chi connectivity index (χ0) is 14.8. The molecule has 0 saturated carbocycles. The quantitative estimate of drug-likeness (QED) is 0.694. The molecule has 0 radical (unpaired) electrons. The Morgan fingerprint density at radius 1 is 1.29 bits per heavy atom. The van der Waals surface area contributed by atoms with Gasteiger partial charge in [0.1, 0.15) is 0 Å². The monoisotopic (exact) mass is 318 g/mol. The first-order valence-corrected chi connectivity index (χ1v) is 8.07.